The largest absolute Gasteiger partial charge is 0.392 e. The predicted octanol–water partition coefficient (Wildman–Crippen LogP) is 1.21. The average molecular weight is 252 g/mol. The van der Waals surface area contributed by atoms with Crippen molar-refractivity contribution in [1.29, 1.82) is 0 Å². The molecule has 1 heterocycles. The number of hydrogen-bond acceptors (Lipinski definition) is 3. The van der Waals surface area contributed by atoms with Crippen molar-refractivity contribution in [2.45, 2.75) is 25.7 Å². The summed E-state index contributed by atoms with van der Waals surface area (Å²) in [6, 6.07) is 0. The topological polar surface area (TPSA) is 72.9 Å². The Morgan fingerprint density at radius 2 is 2.24 bits per heavy atom. The van der Waals surface area contributed by atoms with Gasteiger partial charge in [-0.25, -0.2) is 0 Å². The van der Waals surface area contributed by atoms with Gasteiger partial charge >= 0.3 is 0 Å². The van der Waals surface area contributed by atoms with E-state index in [1.165, 1.54) is 0 Å². The molecular weight excluding hydrogens is 236 g/mol. The highest BCUT2D eigenvalue weighted by Gasteiger charge is 2.44. The summed E-state index contributed by atoms with van der Waals surface area (Å²) in [6.45, 7) is 0. The molecule has 1 aliphatic carbocycles. The zero-order chi connectivity index (χ0) is 12.5. The van der Waals surface area contributed by atoms with Crippen LogP contribution < -0.4 is 11.1 Å². The fraction of sp³-hybridized carbons (Fsp3) is 0.545. The van der Waals surface area contributed by atoms with Gasteiger partial charge in [-0.3, -0.25) is 9.48 Å². The summed E-state index contributed by atoms with van der Waals surface area (Å²) >= 11 is 5.06. The lowest BCUT2D eigenvalue weighted by molar-refractivity contribution is -0.122. The maximum atomic E-state index is 12.3. The first-order valence-electron chi connectivity index (χ1n) is 5.64. The summed E-state index contributed by atoms with van der Waals surface area (Å²) in [6.07, 6.45) is 6.85. The first-order chi connectivity index (χ1) is 8.04. The van der Waals surface area contributed by atoms with Crippen molar-refractivity contribution in [3.8, 4) is 0 Å². The molecule has 1 aromatic rings. The molecule has 5 nitrogen and oxygen atoms in total. The molecule has 1 aromatic heterocycles. The Hall–Kier alpha value is -1.43. The van der Waals surface area contributed by atoms with Gasteiger partial charge < -0.3 is 11.1 Å². The lowest BCUT2D eigenvalue weighted by Crippen LogP contribution is -2.43. The van der Waals surface area contributed by atoms with E-state index in [2.05, 4.69) is 10.4 Å². The van der Waals surface area contributed by atoms with Crippen molar-refractivity contribution < 1.29 is 4.79 Å². The average Bonchev–Trinajstić information content (AvgIpc) is 2.87. The van der Waals surface area contributed by atoms with E-state index < -0.39 is 5.41 Å². The molecule has 92 valence electrons. The number of amides is 1. The van der Waals surface area contributed by atoms with E-state index in [-0.39, 0.29) is 5.91 Å². The molecule has 0 saturated heterocycles. The first kappa shape index (κ1) is 12.0. The van der Waals surface area contributed by atoms with Crippen LogP contribution in [0.4, 0.5) is 5.69 Å². The van der Waals surface area contributed by atoms with Gasteiger partial charge in [-0.1, -0.05) is 25.1 Å². The number of rotatable bonds is 3. The van der Waals surface area contributed by atoms with Gasteiger partial charge in [0.25, 0.3) is 0 Å². The second kappa shape index (κ2) is 4.44. The van der Waals surface area contributed by atoms with Gasteiger partial charge in [-0.2, -0.15) is 5.10 Å². The highest BCUT2D eigenvalue weighted by Crippen LogP contribution is 2.39. The monoisotopic (exact) mass is 252 g/mol. The third kappa shape index (κ3) is 2.17. The highest BCUT2D eigenvalue weighted by atomic mass is 32.1. The Labute approximate surface area is 105 Å². The summed E-state index contributed by atoms with van der Waals surface area (Å²) < 4.78 is 1.64. The quantitative estimate of drug-likeness (QED) is 0.793. The lowest BCUT2D eigenvalue weighted by atomic mass is 9.85. The number of anilines is 1. The van der Waals surface area contributed by atoms with E-state index in [4.69, 9.17) is 18.0 Å². The molecule has 0 aliphatic heterocycles. The van der Waals surface area contributed by atoms with Gasteiger partial charge in [0.1, 0.15) is 0 Å². The van der Waals surface area contributed by atoms with Crippen LogP contribution in [-0.2, 0) is 11.8 Å². The molecule has 6 heteroatoms. The van der Waals surface area contributed by atoms with E-state index in [0.29, 0.717) is 10.7 Å². The van der Waals surface area contributed by atoms with Crippen LogP contribution in [0.2, 0.25) is 0 Å². The standard InChI is InChI=1S/C11H16N4OS/c1-15-7-8(6-13-15)14-10(16)11(9(12)17)4-2-3-5-11/h6-7H,2-5H2,1H3,(H2,12,17)(H,14,16). The summed E-state index contributed by atoms with van der Waals surface area (Å²) in [4.78, 5) is 12.6. The van der Waals surface area contributed by atoms with Crippen LogP contribution in [0.15, 0.2) is 12.4 Å². The van der Waals surface area contributed by atoms with Crippen LogP contribution in [0.5, 0.6) is 0 Å². The van der Waals surface area contributed by atoms with Crippen molar-refractivity contribution in [2.75, 3.05) is 5.32 Å². The molecule has 3 N–H and O–H groups in total. The number of thiocarbonyl (C=S) groups is 1. The number of aromatic nitrogens is 2. The van der Waals surface area contributed by atoms with Crippen LogP contribution in [0.3, 0.4) is 0 Å². The van der Waals surface area contributed by atoms with Crippen molar-refractivity contribution >= 4 is 28.8 Å². The minimum absolute atomic E-state index is 0.101. The highest BCUT2D eigenvalue weighted by molar-refractivity contribution is 7.80. The van der Waals surface area contributed by atoms with E-state index in [1.807, 2.05) is 0 Å². The Bertz CT molecular complexity index is 448. The zero-order valence-corrected chi connectivity index (χ0v) is 10.6. The minimum Gasteiger partial charge on any atom is -0.392 e. The first-order valence-corrected chi connectivity index (χ1v) is 6.05. The van der Waals surface area contributed by atoms with Crippen molar-refractivity contribution in [3.63, 3.8) is 0 Å². The summed E-state index contributed by atoms with van der Waals surface area (Å²) in [5.41, 5.74) is 5.76. The summed E-state index contributed by atoms with van der Waals surface area (Å²) in [5, 5.41) is 6.84. The molecule has 0 bridgehead atoms. The zero-order valence-electron chi connectivity index (χ0n) is 9.77. The van der Waals surface area contributed by atoms with Gasteiger partial charge in [0, 0.05) is 13.2 Å². The fourth-order valence-corrected chi connectivity index (χ4v) is 2.60. The van der Waals surface area contributed by atoms with Gasteiger partial charge in [0.15, 0.2) is 0 Å². The van der Waals surface area contributed by atoms with E-state index in [1.54, 1.807) is 24.1 Å². The smallest absolute Gasteiger partial charge is 0.237 e. The van der Waals surface area contributed by atoms with Crippen LogP contribution in [0.25, 0.3) is 0 Å². The normalized spacial score (nSPS) is 17.9. The second-order valence-corrected chi connectivity index (χ2v) is 4.95. The molecule has 1 saturated carbocycles. The molecule has 0 unspecified atom stereocenters. The van der Waals surface area contributed by atoms with Crippen molar-refractivity contribution in [3.05, 3.63) is 12.4 Å². The number of carbonyl (C=O) groups excluding carboxylic acids is 1. The van der Waals surface area contributed by atoms with Crippen LogP contribution in [0.1, 0.15) is 25.7 Å². The lowest BCUT2D eigenvalue weighted by Gasteiger charge is -2.25. The Morgan fingerprint density at radius 1 is 1.59 bits per heavy atom. The fourth-order valence-electron chi connectivity index (χ4n) is 2.30. The molecule has 0 atom stereocenters. The molecule has 1 amide bonds. The van der Waals surface area contributed by atoms with Gasteiger partial charge in [0.05, 0.1) is 22.3 Å². The maximum Gasteiger partial charge on any atom is 0.237 e. The summed E-state index contributed by atoms with van der Waals surface area (Å²) in [5.74, 6) is -0.101. The molecule has 0 radical (unpaired) electrons. The Balaban J connectivity index is 2.15. The van der Waals surface area contributed by atoms with Crippen molar-refractivity contribution in [2.24, 2.45) is 18.2 Å². The minimum atomic E-state index is -0.662. The predicted molar refractivity (Wildman–Crippen MR) is 69.5 cm³/mol. The molecule has 2 rings (SSSR count). The number of nitrogens with two attached hydrogens (primary N) is 1. The van der Waals surface area contributed by atoms with Crippen molar-refractivity contribution in [1.82, 2.24) is 9.78 Å². The summed E-state index contributed by atoms with van der Waals surface area (Å²) in [7, 11) is 1.80. The maximum absolute atomic E-state index is 12.3. The molecule has 1 fully saturated rings. The Morgan fingerprint density at radius 3 is 2.71 bits per heavy atom. The van der Waals surface area contributed by atoms with Crippen LogP contribution in [0, 0.1) is 5.41 Å². The van der Waals surface area contributed by atoms with E-state index in [9.17, 15) is 4.79 Å². The number of nitrogens with zero attached hydrogens (tertiary/aromatic N) is 2. The third-order valence-electron chi connectivity index (χ3n) is 3.33. The van der Waals surface area contributed by atoms with Crippen LogP contribution in [-0.4, -0.2) is 20.7 Å². The molecule has 0 spiro atoms. The van der Waals surface area contributed by atoms with Gasteiger partial charge in [-0.15, -0.1) is 0 Å². The number of nitrogens with one attached hydrogen (secondary N) is 1. The molecule has 0 aromatic carbocycles. The number of carbonyl (C=O) groups is 1. The van der Waals surface area contributed by atoms with E-state index >= 15 is 0 Å². The van der Waals surface area contributed by atoms with Crippen LogP contribution >= 0.6 is 12.2 Å². The van der Waals surface area contributed by atoms with Gasteiger partial charge in [0.2, 0.25) is 5.91 Å². The Kier molecular flexibility index (Phi) is 3.15. The molecular formula is C11H16N4OS. The number of hydrogen-bond donors (Lipinski definition) is 2. The SMILES string of the molecule is Cn1cc(NC(=O)C2(C(N)=S)CCCC2)cn1. The molecule has 17 heavy (non-hydrogen) atoms. The molecule has 1 aliphatic rings. The second-order valence-electron chi connectivity index (χ2n) is 4.51. The van der Waals surface area contributed by atoms with Gasteiger partial charge in [-0.05, 0) is 12.8 Å². The number of aryl methyl sites for hydroxylation is 1. The third-order valence-corrected chi connectivity index (χ3v) is 3.72. The van der Waals surface area contributed by atoms with E-state index in [0.717, 1.165) is 25.7 Å².